The normalized spacial score (nSPS) is 18.7. The lowest BCUT2D eigenvalue weighted by Gasteiger charge is -2.15. The van der Waals surface area contributed by atoms with Crippen molar-refractivity contribution in [3.05, 3.63) is 24.4 Å². The number of hydrogen-bond donors (Lipinski definition) is 1. The number of carbonyl (C=O) groups is 2. The van der Waals surface area contributed by atoms with Crippen LogP contribution in [0.2, 0.25) is 0 Å². The number of ether oxygens (including phenoxy) is 1. The van der Waals surface area contributed by atoms with Crippen molar-refractivity contribution < 1.29 is 14.3 Å². The van der Waals surface area contributed by atoms with Gasteiger partial charge in [-0.15, -0.1) is 0 Å². The van der Waals surface area contributed by atoms with Crippen LogP contribution < -0.4 is 5.32 Å². The Morgan fingerprint density at radius 2 is 2.42 bits per heavy atom. The molecule has 0 radical (unpaired) electrons. The Labute approximate surface area is 111 Å². The van der Waals surface area contributed by atoms with Crippen LogP contribution in [0.3, 0.4) is 0 Å². The van der Waals surface area contributed by atoms with E-state index < -0.39 is 0 Å². The second-order valence-corrected chi connectivity index (χ2v) is 4.44. The molecule has 0 aliphatic carbocycles. The van der Waals surface area contributed by atoms with Gasteiger partial charge in [-0.25, -0.2) is 4.98 Å². The summed E-state index contributed by atoms with van der Waals surface area (Å²) in [5, 5.41) is 2.72. The molecule has 2 heterocycles. The summed E-state index contributed by atoms with van der Waals surface area (Å²) in [4.78, 5) is 29.4. The summed E-state index contributed by atoms with van der Waals surface area (Å²) < 4.78 is 4.94. The number of rotatable bonds is 5. The van der Waals surface area contributed by atoms with Crippen LogP contribution in [-0.2, 0) is 14.3 Å². The quantitative estimate of drug-likeness (QED) is 0.840. The molecular weight excluding hydrogens is 246 g/mol. The zero-order valence-electron chi connectivity index (χ0n) is 10.8. The van der Waals surface area contributed by atoms with Gasteiger partial charge < -0.3 is 15.0 Å². The fourth-order valence-electron chi connectivity index (χ4n) is 2.03. The van der Waals surface area contributed by atoms with E-state index in [2.05, 4.69) is 10.3 Å². The number of nitrogens with zero attached hydrogens (tertiary/aromatic N) is 2. The molecule has 19 heavy (non-hydrogen) atoms. The summed E-state index contributed by atoms with van der Waals surface area (Å²) >= 11 is 0. The summed E-state index contributed by atoms with van der Waals surface area (Å²) in [5.41, 5.74) is 0. The van der Waals surface area contributed by atoms with Crippen molar-refractivity contribution in [1.29, 1.82) is 0 Å². The molecule has 1 aliphatic rings. The van der Waals surface area contributed by atoms with E-state index in [1.165, 1.54) is 0 Å². The summed E-state index contributed by atoms with van der Waals surface area (Å²) in [6, 6.07) is 5.30. The van der Waals surface area contributed by atoms with E-state index in [0.29, 0.717) is 25.5 Å². The van der Waals surface area contributed by atoms with Gasteiger partial charge in [-0.1, -0.05) is 6.07 Å². The molecule has 1 atom stereocenters. The molecule has 1 aromatic heterocycles. The molecule has 1 saturated heterocycles. The standard InChI is InChI=1S/C13H17N3O3/c1-19-7-6-16-9-10(8-12(16)17)13(18)15-11-4-2-3-5-14-11/h2-5,10H,6-9H2,1H3,(H,14,15,18)/t10-/m0/s1. The van der Waals surface area contributed by atoms with Crippen molar-refractivity contribution >= 4 is 17.6 Å². The van der Waals surface area contributed by atoms with E-state index in [0.717, 1.165) is 0 Å². The lowest BCUT2D eigenvalue weighted by Crippen LogP contribution is -2.30. The fraction of sp³-hybridized carbons (Fsp3) is 0.462. The first-order valence-electron chi connectivity index (χ1n) is 6.19. The van der Waals surface area contributed by atoms with Crippen molar-refractivity contribution in [1.82, 2.24) is 9.88 Å². The molecule has 6 heteroatoms. The third-order valence-electron chi connectivity index (χ3n) is 3.07. The van der Waals surface area contributed by atoms with E-state index in [9.17, 15) is 9.59 Å². The van der Waals surface area contributed by atoms with Gasteiger partial charge in [0.2, 0.25) is 11.8 Å². The van der Waals surface area contributed by atoms with Crippen LogP contribution >= 0.6 is 0 Å². The number of likely N-dealkylation sites (tertiary alicyclic amines) is 1. The summed E-state index contributed by atoms with van der Waals surface area (Å²) in [6.45, 7) is 1.46. The number of nitrogens with one attached hydrogen (secondary N) is 1. The van der Waals surface area contributed by atoms with E-state index in [4.69, 9.17) is 4.74 Å². The minimum Gasteiger partial charge on any atom is -0.383 e. The number of methoxy groups -OCH3 is 1. The Kier molecular flexibility index (Phi) is 4.46. The van der Waals surface area contributed by atoms with Gasteiger partial charge in [0.15, 0.2) is 0 Å². The van der Waals surface area contributed by atoms with E-state index in [-0.39, 0.29) is 24.2 Å². The minimum absolute atomic E-state index is 0.00165. The topological polar surface area (TPSA) is 71.5 Å². The monoisotopic (exact) mass is 263 g/mol. The predicted molar refractivity (Wildman–Crippen MR) is 69.4 cm³/mol. The number of hydrogen-bond acceptors (Lipinski definition) is 4. The van der Waals surface area contributed by atoms with Gasteiger partial charge in [0.05, 0.1) is 12.5 Å². The van der Waals surface area contributed by atoms with Gasteiger partial charge in [-0.3, -0.25) is 9.59 Å². The van der Waals surface area contributed by atoms with Crippen LogP contribution in [0.5, 0.6) is 0 Å². The summed E-state index contributed by atoms with van der Waals surface area (Å²) in [6.07, 6.45) is 1.86. The van der Waals surface area contributed by atoms with Crippen LogP contribution in [0.1, 0.15) is 6.42 Å². The molecule has 1 fully saturated rings. The minimum atomic E-state index is -0.314. The molecule has 0 aromatic carbocycles. The van der Waals surface area contributed by atoms with Gasteiger partial charge >= 0.3 is 0 Å². The Morgan fingerprint density at radius 3 is 3.11 bits per heavy atom. The third kappa shape index (κ3) is 3.51. The Balaban J connectivity index is 1.89. The first-order valence-corrected chi connectivity index (χ1v) is 6.19. The highest BCUT2D eigenvalue weighted by molar-refractivity contribution is 5.96. The van der Waals surface area contributed by atoms with Crippen LogP contribution in [0, 0.1) is 5.92 Å². The van der Waals surface area contributed by atoms with Crippen molar-refractivity contribution in [2.24, 2.45) is 5.92 Å². The SMILES string of the molecule is COCCN1C[C@@H](C(=O)Nc2ccccn2)CC1=O. The average Bonchev–Trinajstić information content (AvgIpc) is 2.79. The third-order valence-corrected chi connectivity index (χ3v) is 3.07. The van der Waals surface area contributed by atoms with Crippen LogP contribution in [0.25, 0.3) is 0 Å². The highest BCUT2D eigenvalue weighted by Gasteiger charge is 2.34. The van der Waals surface area contributed by atoms with Gasteiger partial charge in [-0.05, 0) is 12.1 Å². The predicted octanol–water partition coefficient (Wildman–Crippen LogP) is 0.515. The number of amides is 2. The zero-order chi connectivity index (χ0) is 13.7. The number of pyridine rings is 1. The molecule has 0 bridgehead atoms. The van der Waals surface area contributed by atoms with Gasteiger partial charge in [0.1, 0.15) is 5.82 Å². The first kappa shape index (κ1) is 13.5. The molecule has 0 saturated carbocycles. The van der Waals surface area contributed by atoms with Crippen molar-refractivity contribution in [3.8, 4) is 0 Å². The molecular formula is C13H17N3O3. The maximum Gasteiger partial charge on any atom is 0.230 e. The van der Waals surface area contributed by atoms with E-state index >= 15 is 0 Å². The fourth-order valence-corrected chi connectivity index (χ4v) is 2.03. The smallest absolute Gasteiger partial charge is 0.230 e. The Bertz CT molecular complexity index is 450. The Morgan fingerprint density at radius 1 is 1.58 bits per heavy atom. The lowest BCUT2D eigenvalue weighted by molar-refractivity contribution is -0.128. The van der Waals surface area contributed by atoms with Gasteiger partial charge in [0, 0.05) is 32.8 Å². The maximum absolute atomic E-state index is 12.0. The molecule has 0 spiro atoms. The van der Waals surface area contributed by atoms with Crippen molar-refractivity contribution in [2.45, 2.75) is 6.42 Å². The average molecular weight is 263 g/mol. The molecule has 2 rings (SSSR count). The van der Waals surface area contributed by atoms with Crippen molar-refractivity contribution in [3.63, 3.8) is 0 Å². The number of aromatic nitrogens is 1. The molecule has 0 unspecified atom stereocenters. The second kappa shape index (κ2) is 6.29. The highest BCUT2D eigenvalue weighted by Crippen LogP contribution is 2.19. The van der Waals surface area contributed by atoms with Crippen LogP contribution in [-0.4, -0.2) is 48.5 Å². The maximum atomic E-state index is 12.0. The highest BCUT2D eigenvalue weighted by atomic mass is 16.5. The molecule has 102 valence electrons. The Hall–Kier alpha value is -1.95. The molecule has 2 amide bonds. The summed E-state index contributed by atoms with van der Waals surface area (Å²) in [5.74, 6) is 0.0341. The van der Waals surface area contributed by atoms with Gasteiger partial charge in [0.25, 0.3) is 0 Å². The molecule has 6 nitrogen and oxygen atoms in total. The first-order chi connectivity index (χ1) is 9.20. The molecule has 1 aliphatic heterocycles. The van der Waals surface area contributed by atoms with Crippen molar-refractivity contribution in [2.75, 3.05) is 32.1 Å². The largest absolute Gasteiger partial charge is 0.383 e. The lowest BCUT2D eigenvalue weighted by atomic mass is 10.1. The number of carbonyl (C=O) groups excluding carboxylic acids is 2. The van der Waals surface area contributed by atoms with Crippen LogP contribution in [0.4, 0.5) is 5.82 Å². The zero-order valence-corrected chi connectivity index (χ0v) is 10.8. The molecule has 1 N–H and O–H groups in total. The van der Waals surface area contributed by atoms with Crippen LogP contribution in [0.15, 0.2) is 24.4 Å². The van der Waals surface area contributed by atoms with Gasteiger partial charge in [-0.2, -0.15) is 0 Å². The second-order valence-electron chi connectivity index (χ2n) is 4.44. The number of anilines is 1. The van der Waals surface area contributed by atoms with E-state index in [1.54, 1.807) is 36.4 Å². The summed E-state index contributed by atoms with van der Waals surface area (Å²) in [7, 11) is 1.59. The van der Waals surface area contributed by atoms with E-state index in [1.807, 2.05) is 0 Å². The molecule has 1 aromatic rings.